The van der Waals surface area contributed by atoms with Crippen molar-refractivity contribution in [1.29, 1.82) is 0 Å². The fraction of sp³-hybridized carbons (Fsp3) is 0.867. The molecule has 3 saturated carbocycles. The summed E-state index contributed by atoms with van der Waals surface area (Å²) in [5.41, 5.74) is 3.37. The Balaban J connectivity index is 2.16. The zero-order valence-corrected chi connectivity index (χ0v) is 10.5. The van der Waals surface area contributed by atoms with Crippen molar-refractivity contribution in [3.8, 4) is 0 Å². The fourth-order valence-corrected chi connectivity index (χ4v) is 5.41. The van der Waals surface area contributed by atoms with E-state index in [1.54, 1.807) is 5.57 Å². The summed E-state index contributed by atoms with van der Waals surface area (Å²) in [7, 11) is 0. The lowest BCUT2D eigenvalue weighted by Gasteiger charge is -2.45. The van der Waals surface area contributed by atoms with Crippen molar-refractivity contribution in [1.82, 2.24) is 0 Å². The summed E-state index contributed by atoms with van der Waals surface area (Å²) in [6.07, 6.45) is 8.48. The van der Waals surface area contributed by atoms with Gasteiger partial charge in [-0.2, -0.15) is 0 Å². The van der Waals surface area contributed by atoms with Crippen molar-refractivity contribution in [3.63, 3.8) is 0 Å². The van der Waals surface area contributed by atoms with Gasteiger partial charge in [-0.05, 0) is 54.3 Å². The topological polar surface area (TPSA) is 0 Å². The first kappa shape index (κ1) is 9.93. The summed E-state index contributed by atoms with van der Waals surface area (Å²) < 4.78 is 0. The molecule has 0 amide bonds. The maximum Gasteiger partial charge on any atom is -0.0141 e. The van der Waals surface area contributed by atoms with Gasteiger partial charge in [-0.1, -0.05) is 39.3 Å². The molecule has 2 bridgehead atoms. The van der Waals surface area contributed by atoms with E-state index in [1.165, 1.54) is 38.5 Å². The van der Waals surface area contributed by atoms with E-state index >= 15 is 0 Å². The van der Waals surface area contributed by atoms with E-state index in [9.17, 15) is 0 Å². The smallest absolute Gasteiger partial charge is 0.0141 e. The van der Waals surface area contributed by atoms with Gasteiger partial charge in [0.1, 0.15) is 0 Å². The van der Waals surface area contributed by atoms with Crippen LogP contribution in [0, 0.1) is 22.2 Å². The zero-order valence-electron chi connectivity index (χ0n) is 10.5. The first-order chi connectivity index (χ1) is 6.93. The minimum absolute atomic E-state index is 0.579. The molecule has 0 saturated heterocycles. The molecule has 3 aliphatic carbocycles. The van der Waals surface area contributed by atoms with E-state index in [0.29, 0.717) is 16.2 Å². The third-order valence-corrected chi connectivity index (χ3v) is 6.88. The standard InChI is InChI=1S/C15H24/c1-11-6-9-13(2)10-12(11)14(3)7-5-8-15(13,14)4/h12H,1,5-10H2,2-4H3/t12-,13+,14+,15-/m1/s1. The second kappa shape index (κ2) is 2.52. The molecule has 3 rings (SSSR count). The Morgan fingerprint density at radius 3 is 2.60 bits per heavy atom. The van der Waals surface area contributed by atoms with E-state index in [-0.39, 0.29) is 0 Å². The second-order valence-corrected chi connectivity index (χ2v) is 7.08. The molecular formula is C15H24. The van der Waals surface area contributed by atoms with E-state index in [4.69, 9.17) is 0 Å². The fourth-order valence-electron chi connectivity index (χ4n) is 5.41. The second-order valence-electron chi connectivity index (χ2n) is 7.08. The van der Waals surface area contributed by atoms with E-state index < -0.39 is 0 Å². The van der Waals surface area contributed by atoms with Gasteiger partial charge in [0.2, 0.25) is 0 Å². The highest BCUT2D eigenvalue weighted by Gasteiger charge is 2.68. The molecule has 15 heavy (non-hydrogen) atoms. The first-order valence-corrected chi connectivity index (χ1v) is 6.61. The van der Waals surface area contributed by atoms with Gasteiger partial charge in [0, 0.05) is 0 Å². The Hall–Kier alpha value is -0.260. The van der Waals surface area contributed by atoms with Crippen molar-refractivity contribution < 1.29 is 0 Å². The lowest BCUT2D eigenvalue weighted by Crippen LogP contribution is -2.38. The quantitative estimate of drug-likeness (QED) is 0.507. The Kier molecular flexibility index (Phi) is 1.67. The number of hydrogen-bond donors (Lipinski definition) is 0. The molecule has 84 valence electrons. The molecule has 0 aromatic carbocycles. The molecule has 0 aromatic rings. The zero-order chi connectivity index (χ0) is 10.9. The van der Waals surface area contributed by atoms with Gasteiger partial charge in [0.25, 0.3) is 0 Å². The third-order valence-electron chi connectivity index (χ3n) is 6.88. The molecule has 0 spiro atoms. The number of hydrogen-bond acceptors (Lipinski definition) is 0. The molecule has 0 aliphatic heterocycles. The van der Waals surface area contributed by atoms with Gasteiger partial charge < -0.3 is 0 Å². The van der Waals surface area contributed by atoms with Crippen LogP contribution in [0.2, 0.25) is 0 Å². The Morgan fingerprint density at radius 1 is 1.13 bits per heavy atom. The minimum atomic E-state index is 0.579. The minimum Gasteiger partial charge on any atom is -0.0996 e. The average molecular weight is 204 g/mol. The van der Waals surface area contributed by atoms with Gasteiger partial charge in [0.05, 0.1) is 0 Å². The molecule has 4 atom stereocenters. The Labute approximate surface area is 94.1 Å². The predicted molar refractivity (Wildman–Crippen MR) is 64.7 cm³/mol. The van der Waals surface area contributed by atoms with Crippen LogP contribution in [0.15, 0.2) is 12.2 Å². The van der Waals surface area contributed by atoms with Crippen LogP contribution in [0.25, 0.3) is 0 Å². The van der Waals surface area contributed by atoms with Crippen LogP contribution in [0.1, 0.15) is 59.3 Å². The molecule has 0 unspecified atom stereocenters. The average Bonchev–Trinajstić information content (AvgIpc) is 2.55. The van der Waals surface area contributed by atoms with E-state index in [0.717, 1.165) is 5.92 Å². The van der Waals surface area contributed by atoms with Gasteiger partial charge in [-0.3, -0.25) is 0 Å². The number of allylic oxidation sites excluding steroid dienone is 1. The number of fused-ring (bicyclic) bond motifs is 5. The highest BCUT2D eigenvalue weighted by molar-refractivity contribution is 5.26. The van der Waals surface area contributed by atoms with Crippen LogP contribution in [-0.2, 0) is 0 Å². The lowest BCUT2D eigenvalue weighted by molar-refractivity contribution is 0.0325. The highest BCUT2D eigenvalue weighted by atomic mass is 14.7. The maximum absolute atomic E-state index is 4.36. The summed E-state index contributed by atoms with van der Waals surface area (Å²) in [6.45, 7) is 12.1. The molecule has 3 aliphatic rings. The van der Waals surface area contributed by atoms with Gasteiger partial charge in [0.15, 0.2) is 0 Å². The summed E-state index contributed by atoms with van der Waals surface area (Å²) in [4.78, 5) is 0. The van der Waals surface area contributed by atoms with Crippen LogP contribution in [0.4, 0.5) is 0 Å². The van der Waals surface area contributed by atoms with Crippen molar-refractivity contribution in [2.45, 2.75) is 59.3 Å². The summed E-state index contributed by atoms with van der Waals surface area (Å²) in [5, 5.41) is 0. The van der Waals surface area contributed by atoms with Crippen LogP contribution < -0.4 is 0 Å². The molecule has 3 fully saturated rings. The van der Waals surface area contributed by atoms with Crippen LogP contribution in [0.5, 0.6) is 0 Å². The number of rotatable bonds is 0. The van der Waals surface area contributed by atoms with Crippen molar-refractivity contribution in [2.24, 2.45) is 22.2 Å². The largest absolute Gasteiger partial charge is 0.0996 e. The van der Waals surface area contributed by atoms with Crippen molar-refractivity contribution in [3.05, 3.63) is 12.2 Å². The summed E-state index contributed by atoms with van der Waals surface area (Å²) in [5.74, 6) is 0.837. The molecule has 0 heterocycles. The Bertz CT molecular complexity index is 329. The molecule has 0 heteroatoms. The monoisotopic (exact) mass is 204 g/mol. The third kappa shape index (κ3) is 0.867. The van der Waals surface area contributed by atoms with E-state index in [1.807, 2.05) is 0 Å². The first-order valence-electron chi connectivity index (χ1n) is 6.61. The summed E-state index contributed by atoms with van der Waals surface area (Å²) >= 11 is 0. The van der Waals surface area contributed by atoms with Crippen molar-refractivity contribution in [2.75, 3.05) is 0 Å². The maximum atomic E-state index is 4.36. The van der Waals surface area contributed by atoms with Crippen molar-refractivity contribution >= 4 is 0 Å². The predicted octanol–water partition coefficient (Wildman–Crippen LogP) is 4.56. The molecule has 0 radical (unpaired) electrons. The van der Waals surface area contributed by atoms with Gasteiger partial charge >= 0.3 is 0 Å². The lowest BCUT2D eigenvalue weighted by atomic mass is 9.59. The SMILES string of the molecule is C=C1CC[C@@]2(C)C[C@H]1[C@]1(C)CCC[C@]21C. The van der Waals surface area contributed by atoms with Crippen LogP contribution >= 0.6 is 0 Å². The van der Waals surface area contributed by atoms with Crippen LogP contribution in [0.3, 0.4) is 0 Å². The van der Waals surface area contributed by atoms with Gasteiger partial charge in [-0.25, -0.2) is 0 Å². The van der Waals surface area contributed by atoms with E-state index in [2.05, 4.69) is 27.4 Å². The normalized spacial score (nSPS) is 58.3. The molecule has 0 nitrogen and oxygen atoms in total. The highest BCUT2D eigenvalue weighted by Crippen LogP contribution is 2.76. The summed E-state index contributed by atoms with van der Waals surface area (Å²) in [6, 6.07) is 0. The van der Waals surface area contributed by atoms with Crippen LogP contribution in [-0.4, -0.2) is 0 Å². The van der Waals surface area contributed by atoms with Gasteiger partial charge in [-0.15, -0.1) is 0 Å². The molecular weight excluding hydrogens is 180 g/mol. The molecule has 0 N–H and O–H groups in total. The Morgan fingerprint density at radius 2 is 1.87 bits per heavy atom. The molecule has 0 aromatic heterocycles.